The summed E-state index contributed by atoms with van der Waals surface area (Å²) in [5, 5.41) is 8.80. The molecule has 0 fully saturated rings. The molecule has 2 aromatic rings. The molecule has 1 aromatic carbocycles. The van der Waals surface area contributed by atoms with Gasteiger partial charge in [-0.1, -0.05) is 49.1 Å². The molecule has 1 amide bonds. The highest BCUT2D eigenvalue weighted by Crippen LogP contribution is 2.16. The fourth-order valence-corrected chi connectivity index (χ4v) is 2.50. The lowest BCUT2D eigenvalue weighted by Gasteiger charge is -2.09. The highest BCUT2D eigenvalue weighted by atomic mass is 32.1. The van der Waals surface area contributed by atoms with E-state index >= 15 is 0 Å². The van der Waals surface area contributed by atoms with Crippen LogP contribution in [0.3, 0.4) is 0 Å². The van der Waals surface area contributed by atoms with Gasteiger partial charge < -0.3 is 10.6 Å². The van der Waals surface area contributed by atoms with Crippen molar-refractivity contribution in [3.63, 3.8) is 0 Å². The van der Waals surface area contributed by atoms with Crippen LogP contribution in [0.25, 0.3) is 11.6 Å². The fourth-order valence-electron chi connectivity index (χ4n) is 1.94. The van der Waals surface area contributed by atoms with Crippen molar-refractivity contribution in [1.29, 1.82) is 0 Å². The lowest BCUT2D eigenvalue weighted by Crippen LogP contribution is -2.20. The number of nitrogens with zero attached hydrogens (tertiary/aromatic N) is 1. The van der Waals surface area contributed by atoms with Crippen molar-refractivity contribution in [1.82, 2.24) is 15.6 Å². The summed E-state index contributed by atoms with van der Waals surface area (Å²) in [5.41, 5.74) is 3.15. The van der Waals surface area contributed by atoms with Crippen LogP contribution in [0.1, 0.15) is 23.1 Å². The van der Waals surface area contributed by atoms with Gasteiger partial charge in [0.1, 0.15) is 5.01 Å². The second-order valence-electron chi connectivity index (χ2n) is 5.19. The molecule has 2 rings (SSSR count). The van der Waals surface area contributed by atoms with Crippen molar-refractivity contribution >= 4 is 28.9 Å². The Hall–Kier alpha value is -2.50. The van der Waals surface area contributed by atoms with Gasteiger partial charge in [0.2, 0.25) is 5.91 Å². The zero-order valence-electron chi connectivity index (χ0n) is 14.8. The predicted octanol–water partition coefficient (Wildman–Crippen LogP) is 3.90. The molecule has 0 atom stereocenters. The number of carbonyl (C=O) groups excluding carboxylic acids is 1. The molecule has 0 radical (unpaired) electrons. The number of amides is 1. The average Bonchev–Trinajstić information content (AvgIpc) is 3.14. The largest absolute Gasteiger partial charge is 0.348 e. The Bertz CT molecular complexity index is 705. The number of thiazole rings is 1. The maximum Gasteiger partial charge on any atom is 0.243 e. The lowest BCUT2D eigenvalue weighted by molar-refractivity contribution is -0.116. The van der Waals surface area contributed by atoms with E-state index in [4.69, 9.17) is 0 Å². The molecule has 132 valence electrons. The van der Waals surface area contributed by atoms with Crippen molar-refractivity contribution in [2.45, 2.75) is 13.5 Å². The fraction of sp³-hybridized carbons (Fsp3) is 0.200. The van der Waals surface area contributed by atoms with E-state index in [0.29, 0.717) is 6.54 Å². The molecule has 1 aromatic heterocycles. The van der Waals surface area contributed by atoms with Gasteiger partial charge in [-0.25, -0.2) is 4.98 Å². The number of hydrogen-bond acceptors (Lipinski definition) is 4. The van der Waals surface area contributed by atoms with E-state index in [1.807, 2.05) is 55.9 Å². The molecule has 0 aliphatic rings. The summed E-state index contributed by atoms with van der Waals surface area (Å²) in [6, 6.07) is 7.88. The highest BCUT2D eigenvalue weighted by Gasteiger charge is 2.02. The number of carbonyl (C=O) groups is 1. The number of rotatable bonds is 7. The molecule has 0 aliphatic carbocycles. The standard InChI is InChI=1S/C13H15NO.C7H10N2S/c1-4-13(15)14-9-11-7-5-6-8-12(11)10(2)3;1-8-4-2-3-7-9-5-6-10-7/h4-8H,1-2,9H2,3H3,(H,14,15);2-3,5-6,8H,4H2,1H3/b;3-2-. The van der Waals surface area contributed by atoms with Crippen molar-refractivity contribution in [3.8, 4) is 0 Å². The number of nitrogens with one attached hydrogen (secondary N) is 2. The summed E-state index contributed by atoms with van der Waals surface area (Å²) in [6.07, 6.45) is 7.15. The number of aromatic nitrogens is 1. The third kappa shape index (κ3) is 8.24. The van der Waals surface area contributed by atoms with Crippen molar-refractivity contribution < 1.29 is 4.79 Å². The van der Waals surface area contributed by atoms with Gasteiger partial charge in [0.15, 0.2) is 0 Å². The van der Waals surface area contributed by atoms with E-state index in [0.717, 1.165) is 28.3 Å². The van der Waals surface area contributed by atoms with Gasteiger partial charge in [0, 0.05) is 24.7 Å². The monoisotopic (exact) mass is 355 g/mol. The van der Waals surface area contributed by atoms with Crippen LogP contribution in [0.15, 0.2) is 61.2 Å². The molecule has 4 nitrogen and oxygen atoms in total. The molecule has 0 saturated heterocycles. The Morgan fingerprint density at radius 2 is 2.12 bits per heavy atom. The second-order valence-corrected chi connectivity index (χ2v) is 6.12. The van der Waals surface area contributed by atoms with E-state index in [1.54, 1.807) is 11.3 Å². The quantitative estimate of drug-likeness (QED) is 0.741. The van der Waals surface area contributed by atoms with Crippen LogP contribution >= 0.6 is 11.3 Å². The first-order valence-corrected chi connectivity index (χ1v) is 8.81. The van der Waals surface area contributed by atoms with Gasteiger partial charge >= 0.3 is 0 Å². The topological polar surface area (TPSA) is 54.0 Å². The summed E-state index contributed by atoms with van der Waals surface area (Å²) in [7, 11) is 1.92. The van der Waals surface area contributed by atoms with E-state index < -0.39 is 0 Å². The maximum absolute atomic E-state index is 11.0. The van der Waals surface area contributed by atoms with Crippen molar-refractivity contribution in [3.05, 3.63) is 77.3 Å². The molecule has 0 spiro atoms. The van der Waals surface area contributed by atoms with Gasteiger partial charge in [0.25, 0.3) is 0 Å². The van der Waals surface area contributed by atoms with Crippen LogP contribution in [-0.4, -0.2) is 24.5 Å². The van der Waals surface area contributed by atoms with Gasteiger partial charge in [-0.15, -0.1) is 11.3 Å². The Morgan fingerprint density at radius 1 is 1.36 bits per heavy atom. The number of allylic oxidation sites excluding steroid dienone is 1. The normalized spacial score (nSPS) is 10.0. The zero-order chi connectivity index (χ0) is 18.5. The molecular formula is C20H25N3OS. The summed E-state index contributed by atoms with van der Waals surface area (Å²) in [6.45, 7) is 10.7. The molecule has 25 heavy (non-hydrogen) atoms. The van der Waals surface area contributed by atoms with Crippen molar-refractivity contribution in [2.24, 2.45) is 0 Å². The molecule has 0 aliphatic heterocycles. The Kier molecular flexibility index (Phi) is 9.82. The summed E-state index contributed by atoms with van der Waals surface area (Å²) >= 11 is 1.65. The van der Waals surface area contributed by atoms with Gasteiger partial charge in [0.05, 0.1) is 0 Å². The molecule has 1 heterocycles. The van der Waals surface area contributed by atoms with Crippen LogP contribution in [0.5, 0.6) is 0 Å². The zero-order valence-corrected chi connectivity index (χ0v) is 15.6. The van der Waals surface area contributed by atoms with E-state index in [2.05, 4.69) is 34.9 Å². The van der Waals surface area contributed by atoms with Gasteiger partial charge in [-0.05, 0) is 37.3 Å². The highest BCUT2D eigenvalue weighted by molar-refractivity contribution is 7.10. The van der Waals surface area contributed by atoms with Crippen molar-refractivity contribution in [2.75, 3.05) is 13.6 Å². The Labute approximate surface area is 154 Å². The minimum Gasteiger partial charge on any atom is -0.348 e. The van der Waals surface area contributed by atoms with E-state index in [1.165, 1.54) is 6.08 Å². The van der Waals surface area contributed by atoms with Gasteiger partial charge in [-0.3, -0.25) is 4.79 Å². The summed E-state index contributed by atoms with van der Waals surface area (Å²) in [5.74, 6) is -0.161. The third-order valence-corrected chi connectivity index (χ3v) is 3.89. The predicted molar refractivity (Wildman–Crippen MR) is 108 cm³/mol. The third-order valence-electron chi connectivity index (χ3n) is 3.15. The molecule has 0 saturated carbocycles. The van der Waals surface area contributed by atoms with E-state index in [9.17, 15) is 4.79 Å². The van der Waals surface area contributed by atoms with Crippen LogP contribution < -0.4 is 10.6 Å². The summed E-state index contributed by atoms with van der Waals surface area (Å²) < 4.78 is 0. The first-order chi connectivity index (χ1) is 12.1. The average molecular weight is 356 g/mol. The molecular weight excluding hydrogens is 330 g/mol. The van der Waals surface area contributed by atoms with Crippen LogP contribution in [0.2, 0.25) is 0 Å². The second kappa shape index (κ2) is 11.9. The minimum absolute atomic E-state index is 0.161. The van der Waals surface area contributed by atoms with E-state index in [-0.39, 0.29) is 5.91 Å². The Morgan fingerprint density at radius 3 is 2.72 bits per heavy atom. The first kappa shape index (κ1) is 20.5. The molecule has 5 heteroatoms. The smallest absolute Gasteiger partial charge is 0.243 e. The van der Waals surface area contributed by atoms with Crippen LogP contribution in [-0.2, 0) is 11.3 Å². The number of hydrogen-bond donors (Lipinski definition) is 2. The number of benzene rings is 1. The SMILES string of the molecule is C=CC(=O)NCc1ccccc1C(=C)C.CNC/C=C\c1nccs1. The molecule has 0 bridgehead atoms. The minimum atomic E-state index is -0.161. The molecule has 0 unspecified atom stereocenters. The number of likely N-dealkylation sites (N-methyl/N-ethyl adjacent to an activating group) is 1. The van der Waals surface area contributed by atoms with Gasteiger partial charge in [-0.2, -0.15) is 0 Å². The summed E-state index contributed by atoms with van der Waals surface area (Å²) in [4.78, 5) is 15.1. The van der Waals surface area contributed by atoms with Crippen LogP contribution in [0, 0.1) is 0 Å². The lowest BCUT2D eigenvalue weighted by atomic mass is 10.0. The van der Waals surface area contributed by atoms with Crippen LogP contribution in [0.4, 0.5) is 0 Å². The first-order valence-electron chi connectivity index (χ1n) is 7.93. The Balaban J connectivity index is 0.000000271. The maximum atomic E-state index is 11.0. The molecule has 2 N–H and O–H groups in total.